The number of carbonyl (C=O) groups is 1. The molecule has 0 spiro atoms. The van der Waals surface area contributed by atoms with Crippen molar-refractivity contribution in [1.29, 1.82) is 0 Å². The molecule has 4 nitrogen and oxygen atoms in total. The standard InChI is InChI=1S/C24H29NO3/c1-25-20-12-13-21(25)15-22(14-20)28-23(27)24(17-26,19-10-6-3-7-11-19)16-18-8-4-2-5-9-18/h2-11,20-22,26H,12-17H2,1H3/t20-,21+,22?,24?. The SMILES string of the molecule is CN1[C@@H]2CC[C@H]1CC(OC(=O)C(CO)(Cc1ccccc1)c1ccccc1)C2. The van der Waals surface area contributed by atoms with E-state index >= 15 is 0 Å². The third kappa shape index (κ3) is 3.59. The van der Waals surface area contributed by atoms with Crippen LogP contribution in [0.3, 0.4) is 0 Å². The maximum absolute atomic E-state index is 13.5. The second-order valence-corrected chi connectivity index (χ2v) is 8.32. The molecule has 2 fully saturated rings. The molecule has 2 heterocycles. The molecule has 0 aromatic heterocycles. The van der Waals surface area contributed by atoms with E-state index in [0.717, 1.165) is 24.0 Å². The second-order valence-electron chi connectivity index (χ2n) is 8.32. The average molecular weight is 380 g/mol. The van der Waals surface area contributed by atoms with Crippen molar-refractivity contribution in [3.8, 4) is 0 Å². The highest BCUT2D eigenvalue weighted by atomic mass is 16.5. The number of hydrogen-bond acceptors (Lipinski definition) is 4. The fourth-order valence-electron chi connectivity index (χ4n) is 4.93. The van der Waals surface area contributed by atoms with Gasteiger partial charge in [-0.15, -0.1) is 0 Å². The Labute approximate surface area is 167 Å². The lowest BCUT2D eigenvalue weighted by molar-refractivity contribution is -0.161. The van der Waals surface area contributed by atoms with E-state index in [1.807, 2.05) is 60.7 Å². The molecule has 0 amide bonds. The summed E-state index contributed by atoms with van der Waals surface area (Å²) in [6, 6.07) is 20.5. The van der Waals surface area contributed by atoms with E-state index in [0.29, 0.717) is 18.5 Å². The van der Waals surface area contributed by atoms with E-state index in [2.05, 4.69) is 11.9 Å². The molecule has 28 heavy (non-hydrogen) atoms. The van der Waals surface area contributed by atoms with Gasteiger partial charge in [-0.25, -0.2) is 0 Å². The molecule has 2 aromatic rings. The van der Waals surface area contributed by atoms with Gasteiger partial charge in [0.05, 0.1) is 6.61 Å². The lowest BCUT2D eigenvalue weighted by atomic mass is 9.76. The van der Waals surface area contributed by atoms with E-state index in [-0.39, 0.29) is 18.7 Å². The fourth-order valence-corrected chi connectivity index (χ4v) is 4.93. The van der Waals surface area contributed by atoms with Crippen LogP contribution in [0.25, 0.3) is 0 Å². The van der Waals surface area contributed by atoms with Gasteiger partial charge in [0, 0.05) is 12.1 Å². The van der Waals surface area contributed by atoms with Crippen molar-refractivity contribution in [2.24, 2.45) is 0 Å². The summed E-state index contributed by atoms with van der Waals surface area (Å²) in [6.07, 6.45) is 4.51. The number of esters is 1. The zero-order chi connectivity index (χ0) is 19.6. The van der Waals surface area contributed by atoms with Crippen molar-refractivity contribution in [1.82, 2.24) is 4.90 Å². The van der Waals surface area contributed by atoms with E-state index in [1.165, 1.54) is 12.8 Å². The van der Waals surface area contributed by atoms with Crippen LogP contribution in [0.2, 0.25) is 0 Å². The number of piperidine rings is 1. The first-order chi connectivity index (χ1) is 13.6. The molecule has 4 rings (SSSR count). The van der Waals surface area contributed by atoms with E-state index < -0.39 is 5.41 Å². The smallest absolute Gasteiger partial charge is 0.319 e. The summed E-state index contributed by atoms with van der Waals surface area (Å²) in [5, 5.41) is 10.4. The largest absolute Gasteiger partial charge is 0.462 e. The van der Waals surface area contributed by atoms with Crippen molar-refractivity contribution >= 4 is 5.97 Å². The first-order valence-electron chi connectivity index (χ1n) is 10.3. The third-order valence-electron chi connectivity index (χ3n) is 6.66. The van der Waals surface area contributed by atoms with Gasteiger partial charge in [0.1, 0.15) is 11.5 Å². The number of hydrogen-bond donors (Lipinski definition) is 1. The van der Waals surface area contributed by atoms with Crippen LogP contribution in [0.5, 0.6) is 0 Å². The second kappa shape index (κ2) is 8.06. The highest BCUT2D eigenvalue weighted by Crippen LogP contribution is 2.37. The molecule has 0 aliphatic carbocycles. The van der Waals surface area contributed by atoms with Crippen LogP contribution >= 0.6 is 0 Å². The number of nitrogens with zero attached hydrogens (tertiary/aromatic N) is 1. The van der Waals surface area contributed by atoms with Gasteiger partial charge < -0.3 is 14.7 Å². The molecule has 0 saturated carbocycles. The molecule has 2 aliphatic heterocycles. The summed E-state index contributed by atoms with van der Waals surface area (Å²) in [4.78, 5) is 15.9. The van der Waals surface area contributed by atoms with Crippen LogP contribution in [-0.2, 0) is 21.4 Å². The normalized spacial score (nSPS) is 26.6. The minimum Gasteiger partial charge on any atom is -0.462 e. The summed E-state index contributed by atoms with van der Waals surface area (Å²) in [5.41, 5.74) is 0.744. The van der Waals surface area contributed by atoms with E-state index in [4.69, 9.17) is 4.74 Å². The molecule has 2 bridgehead atoms. The van der Waals surface area contributed by atoms with Crippen molar-refractivity contribution < 1.29 is 14.6 Å². The highest BCUT2D eigenvalue weighted by molar-refractivity contribution is 5.84. The molecule has 2 aliphatic rings. The highest BCUT2D eigenvalue weighted by Gasteiger charge is 2.45. The Kier molecular flexibility index (Phi) is 5.51. The van der Waals surface area contributed by atoms with Crippen molar-refractivity contribution in [3.63, 3.8) is 0 Å². The number of aliphatic hydroxyl groups excluding tert-OH is 1. The van der Waals surface area contributed by atoms with E-state index in [9.17, 15) is 9.90 Å². The predicted octanol–water partition coefficient (Wildman–Crippen LogP) is 3.33. The van der Waals surface area contributed by atoms with Gasteiger partial charge in [-0.05, 0) is 50.3 Å². The zero-order valence-electron chi connectivity index (χ0n) is 16.5. The number of benzene rings is 2. The summed E-state index contributed by atoms with van der Waals surface area (Å²) in [7, 11) is 2.18. The van der Waals surface area contributed by atoms with Crippen LogP contribution in [0.1, 0.15) is 36.8 Å². The topological polar surface area (TPSA) is 49.8 Å². The number of ether oxygens (including phenoxy) is 1. The Hall–Kier alpha value is -2.17. The Morgan fingerprint density at radius 2 is 1.61 bits per heavy atom. The molecule has 2 saturated heterocycles. The van der Waals surface area contributed by atoms with Crippen LogP contribution in [0, 0.1) is 0 Å². The molecular weight excluding hydrogens is 350 g/mol. The summed E-state index contributed by atoms with van der Waals surface area (Å²) >= 11 is 0. The van der Waals surface area contributed by atoms with Gasteiger partial charge in [-0.2, -0.15) is 0 Å². The maximum Gasteiger partial charge on any atom is 0.319 e. The van der Waals surface area contributed by atoms with Crippen molar-refractivity contribution in [3.05, 3.63) is 71.8 Å². The minimum absolute atomic E-state index is 0.0633. The molecule has 0 radical (unpaired) electrons. The number of rotatable bonds is 6. The number of aliphatic hydroxyl groups is 1. The molecule has 4 atom stereocenters. The number of fused-ring (bicyclic) bond motifs is 2. The maximum atomic E-state index is 13.5. The Bertz CT molecular complexity index is 780. The quantitative estimate of drug-likeness (QED) is 0.782. The number of carbonyl (C=O) groups excluding carboxylic acids is 1. The third-order valence-corrected chi connectivity index (χ3v) is 6.66. The fraction of sp³-hybridized carbons (Fsp3) is 0.458. The Morgan fingerprint density at radius 1 is 1.04 bits per heavy atom. The van der Waals surface area contributed by atoms with Crippen LogP contribution in [0.4, 0.5) is 0 Å². The Balaban J connectivity index is 1.60. The lowest BCUT2D eigenvalue weighted by Gasteiger charge is -2.38. The van der Waals surface area contributed by atoms with Crippen LogP contribution in [-0.4, -0.2) is 47.8 Å². The minimum atomic E-state index is -1.08. The predicted molar refractivity (Wildman–Crippen MR) is 109 cm³/mol. The van der Waals surface area contributed by atoms with E-state index in [1.54, 1.807) is 0 Å². The van der Waals surface area contributed by atoms with Gasteiger partial charge >= 0.3 is 5.97 Å². The molecule has 2 unspecified atom stereocenters. The van der Waals surface area contributed by atoms with Crippen LogP contribution < -0.4 is 0 Å². The monoisotopic (exact) mass is 379 g/mol. The van der Waals surface area contributed by atoms with Gasteiger partial charge in [0.25, 0.3) is 0 Å². The molecule has 148 valence electrons. The first-order valence-corrected chi connectivity index (χ1v) is 10.3. The summed E-state index contributed by atoms with van der Waals surface area (Å²) in [6.45, 7) is -0.274. The molecular formula is C24H29NO3. The summed E-state index contributed by atoms with van der Waals surface area (Å²) in [5.74, 6) is -0.306. The molecule has 1 N–H and O–H groups in total. The molecule has 2 aromatic carbocycles. The van der Waals surface area contributed by atoms with Gasteiger partial charge in [0.15, 0.2) is 0 Å². The van der Waals surface area contributed by atoms with Crippen LogP contribution in [0.15, 0.2) is 60.7 Å². The van der Waals surface area contributed by atoms with Crippen molar-refractivity contribution in [2.45, 2.75) is 55.7 Å². The van der Waals surface area contributed by atoms with Gasteiger partial charge in [-0.3, -0.25) is 4.79 Å². The average Bonchev–Trinajstić information content (AvgIpc) is 2.93. The molecule has 4 heteroatoms. The van der Waals surface area contributed by atoms with Crippen molar-refractivity contribution in [2.75, 3.05) is 13.7 Å². The lowest BCUT2D eigenvalue weighted by Crippen LogP contribution is -2.48. The Morgan fingerprint density at radius 3 is 2.18 bits per heavy atom. The first kappa shape index (κ1) is 19.2. The van der Waals surface area contributed by atoms with Gasteiger partial charge in [-0.1, -0.05) is 60.7 Å². The van der Waals surface area contributed by atoms with Gasteiger partial charge in [0.2, 0.25) is 0 Å². The summed E-state index contributed by atoms with van der Waals surface area (Å²) < 4.78 is 6.08. The zero-order valence-corrected chi connectivity index (χ0v) is 16.5.